The van der Waals surface area contributed by atoms with Gasteiger partial charge < -0.3 is 9.64 Å². The topological polar surface area (TPSA) is 29.3 Å². The zero-order valence-electron chi connectivity index (χ0n) is 8.26. The number of carbonyl (C=O) groups excluding carboxylic acids is 1. The third kappa shape index (κ3) is 2.40. The van der Waals surface area contributed by atoms with Gasteiger partial charge in [-0.15, -0.1) is 0 Å². The summed E-state index contributed by atoms with van der Waals surface area (Å²) < 4.78 is 5.18. The molecule has 1 rings (SSSR count). The summed E-state index contributed by atoms with van der Waals surface area (Å²) in [5.41, 5.74) is -0.363. The average molecular weight is 171 g/mol. The van der Waals surface area contributed by atoms with Gasteiger partial charge in [-0.2, -0.15) is 0 Å². The van der Waals surface area contributed by atoms with Crippen molar-refractivity contribution in [3.8, 4) is 0 Å². The number of amides is 1. The van der Waals surface area contributed by atoms with Crippen molar-refractivity contribution in [2.24, 2.45) is 0 Å². The van der Waals surface area contributed by atoms with Gasteiger partial charge in [-0.1, -0.05) is 6.92 Å². The van der Waals surface area contributed by atoms with Crippen molar-refractivity contribution >= 4 is 6.09 Å². The van der Waals surface area contributed by atoms with Crippen LogP contribution in [0.15, 0.2) is 0 Å². The minimum atomic E-state index is -0.363. The molecule has 0 radical (unpaired) electrons. The van der Waals surface area contributed by atoms with Crippen molar-refractivity contribution in [3.63, 3.8) is 0 Å². The zero-order valence-corrected chi connectivity index (χ0v) is 8.26. The summed E-state index contributed by atoms with van der Waals surface area (Å²) in [7, 11) is 0. The van der Waals surface area contributed by atoms with Crippen molar-refractivity contribution in [3.05, 3.63) is 0 Å². The van der Waals surface area contributed by atoms with Crippen LogP contribution in [0.1, 0.15) is 34.1 Å². The van der Waals surface area contributed by atoms with Crippen LogP contribution in [0.3, 0.4) is 0 Å². The van der Waals surface area contributed by atoms with Crippen LogP contribution < -0.4 is 0 Å². The fourth-order valence-corrected chi connectivity index (χ4v) is 1.07. The summed E-state index contributed by atoms with van der Waals surface area (Å²) in [5, 5.41) is 0. The number of nitrogens with zero attached hydrogens (tertiary/aromatic N) is 1. The van der Waals surface area contributed by atoms with Gasteiger partial charge >= 0.3 is 6.09 Å². The summed E-state index contributed by atoms with van der Waals surface area (Å²) in [4.78, 5) is 13.0. The first kappa shape index (κ1) is 9.36. The molecule has 1 fully saturated rings. The lowest BCUT2D eigenvalue weighted by Gasteiger charge is -2.19. The molecule has 70 valence electrons. The first-order chi connectivity index (χ1) is 5.44. The third-order valence-corrected chi connectivity index (χ3v) is 1.81. The molecule has 0 aromatic carbocycles. The Labute approximate surface area is 73.7 Å². The molecule has 0 bridgehead atoms. The molecule has 0 aromatic heterocycles. The highest BCUT2D eigenvalue weighted by molar-refractivity contribution is 5.71. The maximum Gasteiger partial charge on any atom is 0.410 e. The lowest BCUT2D eigenvalue weighted by molar-refractivity contribution is 0.0406. The molecule has 0 spiro atoms. The highest BCUT2D eigenvalue weighted by Gasteiger charge is 2.39. The highest BCUT2D eigenvalue weighted by Crippen LogP contribution is 2.23. The second kappa shape index (κ2) is 2.96. The quantitative estimate of drug-likeness (QED) is 0.565. The Balaban J connectivity index is 2.32. The molecular formula is C9H17NO2. The van der Waals surface area contributed by atoms with Crippen LogP contribution >= 0.6 is 0 Å². The largest absolute Gasteiger partial charge is 0.444 e. The van der Waals surface area contributed by atoms with Gasteiger partial charge in [0.25, 0.3) is 0 Å². The van der Waals surface area contributed by atoms with Gasteiger partial charge in [0.2, 0.25) is 0 Å². The maximum absolute atomic E-state index is 11.3. The van der Waals surface area contributed by atoms with Crippen molar-refractivity contribution in [2.75, 3.05) is 6.54 Å². The fraction of sp³-hybridized carbons (Fsp3) is 0.889. The Bertz CT molecular complexity index is 183. The Kier molecular flexibility index (Phi) is 2.31. The molecule has 1 saturated heterocycles. The van der Waals surface area contributed by atoms with Gasteiger partial charge in [-0.3, -0.25) is 0 Å². The minimum Gasteiger partial charge on any atom is -0.444 e. The molecule has 3 nitrogen and oxygen atoms in total. The van der Waals surface area contributed by atoms with E-state index in [4.69, 9.17) is 4.74 Å². The van der Waals surface area contributed by atoms with Gasteiger partial charge in [-0.05, 0) is 27.2 Å². The fourth-order valence-electron chi connectivity index (χ4n) is 1.07. The van der Waals surface area contributed by atoms with E-state index in [9.17, 15) is 4.79 Å². The predicted molar refractivity (Wildman–Crippen MR) is 47.0 cm³/mol. The highest BCUT2D eigenvalue weighted by atomic mass is 16.6. The number of carbonyl (C=O) groups is 1. The van der Waals surface area contributed by atoms with E-state index < -0.39 is 0 Å². The van der Waals surface area contributed by atoms with Gasteiger partial charge in [0, 0.05) is 6.54 Å². The van der Waals surface area contributed by atoms with Crippen LogP contribution in [0, 0.1) is 0 Å². The zero-order chi connectivity index (χ0) is 9.35. The molecular weight excluding hydrogens is 154 g/mol. The number of ether oxygens (including phenoxy) is 1. The second-order valence-electron chi connectivity index (χ2n) is 4.19. The van der Waals surface area contributed by atoms with E-state index in [2.05, 4.69) is 6.92 Å². The molecule has 12 heavy (non-hydrogen) atoms. The average Bonchev–Trinajstić information content (AvgIpc) is 2.60. The summed E-state index contributed by atoms with van der Waals surface area (Å²) >= 11 is 0. The van der Waals surface area contributed by atoms with E-state index in [0.717, 1.165) is 13.0 Å². The molecule has 1 amide bonds. The molecule has 0 aliphatic carbocycles. The summed E-state index contributed by atoms with van der Waals surface area (Å²) in [5.74, 6) is 0. The summed E-state index contributed by atoms with van der Waals surface area (Å²) in [6.45, 7) is 8.60. The van der Waals surface area contributed by atoms with Crippen LogP contribution in [0.4, 0.5) is 4.79 Å². The monoisotopic (exact) mass is 171 g/mol. The first-order valence-electron chi connectivity index (χ1n) is 4.43. The second-order valence-corrected chi connectivity index (χ2v) is 4.19. The van der Waals surface area contributed by atoms with Crippen LogP contribution in [0.5, 0.6) is 0 Å². The Morgan fingerprint density at radius 2 is 2.17 bits per heavy atom. The van der Waals surface area contributed by atoms with Crippen molar-refractivity contribution in [1.29, 1.82) is 0 Å². The molecule has 3 heteroatoms. The standard InChI is InChI=1S/C9H17NO2/c1-5-7-6-10(7)8(11)12-9(2,3)4/h7H,5-6H2,1-4H3. The lowest BCUT2D eigenvalue weighted by Crippen LogP contribution is -2.27. The third-order valence-electron chi connectivity index (χ3n) is 1.81. The summed E-state index contributed by atoms with van der Waals surface area (Å²) in [6.07, 6.45) is 0.855. The van der Waals surface area contributed by atoms with Crippen LogP contribution in [0.25, 0.3) is 0 Å². The van der Waals surface area contributed by atoms with Crippen molar-refractivity contribution in [2.45, 2.75) is 45.8 Å². The van der Waals surface area contributed by atoms with Crippen LogP contribution in [0.2, 0.25) is 0 Å². The normalized spacial score (nSPS) is 22.3. The van der Waals surface area contributed by atoms with E-state index in [1.54, 1.807) is 4.90 Å². The lowest BCUT2D eigenvalue weighted by atomic mass is 10.2. The smallest absolute Gasteiger partial charge is 0.410 e. The SMILES string of the molecule is CCC1CN1C(=O)OC(C)(C)C. The van der Waals surface area contributed by atoms with E-state index in [1.165, 1.54) is 0 Å². The van der Waals surface area contributed by atoms with Gasteiger partial charge in [-0.25, -0.2) is 4.79 Å². The van der Waals surface area contributed by atoms with Gasteiger partial charge in [0.15, 0.2) is 0 Å². The van der Waals surface area contributed by atoms with E-state index in [0.29, 0.717) is 6.04 Å². The van der Waals surface area contributed by atoms with E-state index in [-0.39, 0.29) is 11.7 Å². The number of rotatable bonds is 1. The molecule has 0 aromatic rings. The molecule has 1 unspecified atom stereocenters. The molecule has 0 N–H and O–H groups in total. The van der Waals surface area contributed by atoms with Crippen molar-refractivity contribution in [1.82, 2.24) is 4.90 Å². The van der Waals surface area contributed by atoms with Crippen molar-refractivity contribution < 1.29 is 9.53 Å². The Morgan fingerprint density at radius 1 is 1.58 bits per heavy atom. The van der Waals surface area contributed by atoms with Crippen LogP contribution in [-0.2, 0) is 4.74 Å². The van der Waals surface area contributed by atoms with Gasteiger partial charge in [0.1, 0.15) is 5.60 Å². The molecule has 1 aliphatic heterocycles. The van der Waals surface area contributed by atoms with Gasteiger partial charge in [0.05, 0.1) is 6.04 Å². The Morgan fingerprint density at radius 3 is 2.50 bits per heavy atom. The maximum atomic E-state index is 11.3. The Hall–Kier alpha value is -0.730. The predicted octanol–water partition coefficient (Wildman–Crippen LogP) is 2.02. The first-order valence-corrected chi connectivity index (χ1v) is 4.43. The number of hydrogen-bond acceptors (Lipinski definition) is 2. The summed E-state index contributed by atoms with van der Waals surface area (Å²) in [6, 6.07) is 0.430. The van der Waals surface area contributed by atoms with E-state index in [1.807, 2.05) is 20.8 Å². The van der Waals surface area contributed by atoms with Crippen LogP contribution in [-0.4, -0.2) is 29.2 Å². The minimum absolute atomic E-state index is 0.172. The van der Waals surface area contributed by atoms with E-state index >= 15 is 0 Å². The molecule has 0 saturated carbocycles. The molecule has 1 aliphatic rings. The number of hydrogen-bond donors (Lipinski definition) is 0. The molecule has 1 atom stereocenters. The molecule has 1 heterocycles.